The van der Waals surface area contributed by atoms with Gasteiger partial charge >= 0.3 is 141 Å². The first-order chi connectivity index (χ1) is 10.7. The summed E-state index contributed by atoms with van der Waals surface area (Å²) < 4.78 is 12.1. The zero-order chi connectivity index (χ0) is 15.9. The van der Waals surface area contributed by atoms with Crippen molar-refractivity contribution in [3.05, 3.63) is 18.2 Å². The van der Waals surface area contributed by atoms with Crippen molar-refractivity contribution in [3.8, 4) is 11.5 Å². The van der Waals surface area contributed by atoms with Gasteiger partial charge in [0.05, 0.1) is 0 Å². The summed E-state index contributed by atoms with van der Waals surface area (Å²) >= 11 is 0.388. The Morgan fingerprint density at radius 3 is 2.50 bits per heavy atom. The van der Waals surface area contributed by atoms with E-state index in [4.69, 9.17) is 14.6 Å². The Hall–Kier alpha value is -0.618. The third-order valence-corrected chi connectivity index (χ3v) is 9.50. The fourth-order valence-corrected chi connectivity index (χ4v) is 8.89. The molecule has 126 valence electrons. The predicted molar refractivity (Wildman–Crippen MR) is 85.5 cm³/mol. The monoisotopic (exact) mass is 416 g/mol. The van der Waals surface area contributed by atoms with E-state index in [1.807, 2.05) is 18.2 Å². The SMILES string of the molecule is COc1cccc(OC)[c]1[Pd][PH]C1CCCCC1CC(=O)O. The molecule has 0 aliphatic heterocycles. The average Bonchev–Trinajstić information content (AvgIpc) is 2.53. The number of hydrogen-bond donors (Lipinski definition) is 1. The summed E-state index contributed by atoms with van der Waals surface area (Å²) in [5, 5.41) is 9.10. The Labute approximate surface area is 141 Å². The number of aliphatic carboxylic acids is 1. The van der Waals surface area contributed by atoms with E-state index in [1.165, 1.54) is 12.8 Å². The van der Waals surface area contributed by atoms with Crippen LogP contribution in [-0.4, -0.2) is 31.0 Å². The van der Waals surface area contributed by atoms with Crippen LogP contribution in [0.4, 0.5) is 0 Å². The first kappa shape index (κ1) is 17.7. The molecule has 6 heteroatoms. The maximum atomic E-state index is 11.1. The number of methoxy groups -OCH3 is 2. The summed E-state index contributed by atoms with van der Waals surface area (Å²) in [6.07, 6.45) is 4.93. The summed E-state index contributed by atoms with van der Waals surface area (Å²) in [6.45, 7) is 0.764. The van der Waals surface area contributed by atoms with E-state index >= 15 is 0 Å². The van der Waals surface area contributed by atoms with Gasteiger partial charge in [-0.1, -0.05) is 0 Å². The van der Waals surface area contributed by atoms with Crippen molar-refractivity contribution in [2.24, 2.45) is 5.92 Å². The molecular formula is C16H23O4PPd. The number of hydrogen-bond acceptors (Lipinski definition) is 3. The fourth-order valence-electron chi connectivity index (χ4n) is 2.76. The van der Waals surface area contributed by atoms with Crippen molar-refractivity contribution in [3.63, 3.8) is 0 Å². The molecule has 0 amide bonds. The first-order valence-electron chi connectivity index (χ1n) is 7.41. The minimum absolute atomic E-state index is 0.314. The van der Waals surface area contributed by atoms with Gasteiger partial charge in [0.15, 0.2) is 0 Å². The summed E-state index contributed by atoms with van der Waals surface area (Å²) in [6, 6.07) is 5.87. The molecule has 0 heterocycles. The summed E-state index contributed by atoms with van der Waals surface area (Å²) in [5.41, 5.74) is 0.536. The first-order valence-corrected chi connectivity index (χ1v) is 11.4. The van der Waals surface area contributed by atoms with Gasteiger partial charge in [-0.15, -0.1) is 0 Å². The van der Waals surface area contributed by atoms with Crippen molar-refractivity contribution < 1.29 is 36.9 Å². The molecule has 3 unspecified atom stereocenters. The molecule has 1 aromatic carbocycles. The second kappa shape index (κ2) is 8.87. The number of ether oxygens (including phenoxy) is 2. The summed E-state index contributed by atoms with van der Waals surface area (Å²) in [4.78, 5) is 11.1. The molecule has 1 fully saturated rings. The zero-order valence-corrected chi connectivity index (χ0v) is 15.5. The number of benzene rings is 1. The van der Waals surface area contributed by atoms with Crippen molar-refractivity contribution >= 4 is 16.8 Å². The Balaban J connectivity index is 2.06. The molecule has 0 spiro atoms. The Bertz CT molecular complexity index is 487. The molecule has 22 heavy (non-hydrogen) atoms. The molecule has 1 N–H and O–H groups in total. The molecule has 0 aromatic heterocycles. The van der Waals surface area contributed by atoms with Crippen LogP contribution in [0, 0.1) is 5.92 Å². The summed E-state index contributed by atoms with van der Waals surface area (Å²) in [7, 11) is 3.37. The second-order valence-corrected chi connectivity index (χ2v) is 9.74. The zero-order valence-electron chi connectivity index (χ0n) is 12.9. The van der Waals surface area contributed by atoms with E-state index in [1.54, 1.807) is 14.2 Å². The van der Waals surface area contributed by atoms with Crippen LogP contribution in [-0.2, 0) is 22.3 Å². The molecule has 1 saturated carbocycles. The Morgan fingerprint density at radius 1 is 1.27 bits per heavy atom. The number of carbonyl (C=O) groups is 1. The number of carboxylic acids is 1. The van der Waals surface area contributed by atoms with Gasteiger partial charge in [-0.2, -0.15) is 0 Å². The van der Waals surface area contributed by atoms with E-state index < -0.39 is 5.97 Å². The molecule has 1 aliphatic carbocycles. The maximum absolute atomic E-state index is 11.1. The van der Waals surface area contributed by atoms with Gasteiger partial charge in [-0.3, -0.25) is 0 Å². The van der Waals surface area contributed by atoms with E-state index in [0.29, 0.717) is 35.5 Å². The third kappa shape index (κ3) is 4.69. The molecule has 0 radical (unpaired) electrons. The van der Waals surface area contributed by atoms with Crippen LogP contribution in [0.1, 0.15) is 32.1 Å². The number of carboxylic acid groups (broad SMARTS) is 1. The Kier molecular flexibility index (Phi) is 7.15. The Morgan fingerprint density at radius 2 is 1.91 bits per heavy atom. The van der Waals surface area contributed by atoms with Crippen LogP contribution in [0.5, 0.6) is 11.5 Å². The van der Waals surface area contributed by atoms with E-state index in [0.717, 1.165) is 35.1 Å². The van der Waals surface area contributed by atoms with Crippen LogP contribution in [0.25, 0.3) is 0 Å². The van der Waals surface area contributed by atoms with Crippen molar-refractivity contribution in [2.45, 2.75) is 37.8 Å². The molecule has 3 atom stereocenters. The van der Waals surface area contributed by atoms with Gasteiger partial charge in [0.1, 0.15) is 0 Å². The van der Waals surface area contributed by atoms with E-state index in [-0.39, 0.29) is 0 Å². The molecule has 1 aromatic rings. The van der Waals surface area contributed by atoms with Crippen LogP contribution >= 0.6 is 6.77 Å². The topological polar surface area (TPSA) is 55.8 Å². The molecule has 1 aliphatic rings. The second-order valence-electron chi connectivity index (χ2n) is 5.36. The van der Waals surface area contributed by atoms with E-state index in [9.17, 15) is 4.79 Å². The van der Waals surface area contributed by atoms with Crippen LogP contribution in [0.2, 0.25) is 0 Å². The molecular weight excluding hydrogens is 394 g/mol. The molecule has 0 bridgehead atoms. The van der Waals surface area contributed by atoms with Crippen molar-refractivity contribution in [1.82, 2.24) is 0 Å². The summed E-state index contributed by atoms with van der Waals surface area (Å²) in [5.74, 6) is 1.43. The quantitative estimate of drug-likeness (QED) is 0.548. The standard InChI is InChI=1S/C8H14O2P.C8H9O2.Pd/c9-8(10)5-6-3-1-2-4-7(6)11;1-9-7-4-3-5-8(6-7)10-2;/h6-7,11H,1-5H2,(H,9,10);3-5H,1-2H3;/q-1;;+1. The van der Waals surface area contributed by atoms with Gasteiger partial charge in [0.2, 0.25) is 0 Å². The van der Waals surface area contributed by atoms with Gasteiger partial charge < -0.3 is 0 Å². The fraction of sp³-hybridized carbons (Fsp3) is 0.562. The average molecular weight is 417 g/mol. The third-order valence-electron chi connectivity index (χ3n) is 3.93. The molecule has 0 saturated heterocycles. The van der Waals surface area contributed by atoms with Crippen molar-refractivity contribution in [2.75, 3.05) is 14.2 Å². The normalized spacial score (nSPS) is 22.1. The van der Waals surface area contributed by atoms with Gasteiger partial charge in [0, 0.05) is 0 Å². The molecule has 4 nitrogen and oxygen atoms in total. The van der Waals surface area contributed by atoms with Crippen LogP contribution in [0.3, 0.4) is 0 Å². The molecule has 2 rings (SSSR count). The predicted octanol–water partition coefficient (Wildman–Crippen LogP) is 3.04. The van der Waals surface area contributed by atoms with E-state index in [2.05, 4.69) is 0 Å². The van der Waals surface area contributed by atoms with Crippen LogP contribution < -0.4 is 13.5 Å². The minimum atomic E-state index is -0.664. The number of rotatable bonds is 7. The van der Waals surface area contributed by atoms with Crippen molar-refractivity contribution in [1.29, 1.82) is 0 Å². The van der Waals surface area contributed by atoms with Gasteiger partial charge in [-0.05, 0) is 0 Å². The van der Waals surface area contributed by atoms with Gasteiger partial charge in [0.25, 0.3) is 0 Å². The van der Waals surface area contributed by atoms with Gasteiger partial charge in [-0.25, -0.2) is 0 Å². The van der Waals surface area contributed by atoms with Crippen LogP contribution in [0.15, 0.2) is 18.2 Å².